The van der Waals surface area contributed by atoms with Gasteiger partial charge in [0.2, 0.25) is 0 Å². The summed E-state index contributed by atoms with van der Waals surface area (Å²) in [5, 5.41) is 16.9. The maximum absolute atomic E-state index is 10.5. The molecule has 140 valence electrons. The molecule has 0 bridgehead atoms. The van der Waals surface area contributed by atoms with Crippen LogP contribution in [0.4, 0.5) is 0 Å². The summed E-state index contributed by atoms with van der Waals surface area (Å²) >= 11 is 0. The molecule has 24 heavy (non-hydrogen) atoms. The Labute approximate surface area is 162 Å². The van der Waals surface area contributed by atoms with Crippen molar-refractivity contribution in [3.8, 4) is 0 Å². The molecule has 1 atom stereocenters. The quantitative estimate of drug-likeness (QED) is 0.220. The largest absolute Gasteiger partial charge is 0.463 e. The average molecular weight is 453 g/mol. The van der Waals surface area contributed by atoms with E-state index < -0.39 is 5.60 Å². The minimum absolute atomic E-state index is 0. The number of aryl methyl sites for hydroxylation is 1. The third-order valence-electron chi connectivity index (χ3n) is 3.34. The molecule has 0 aliphatic carbocycles. The molecule has 1 aromatic rings. The first-order valence-electron chi connectivity index (χ1n) is 8.38. The van der Waals surface area contributed by atoms with Gasteiger partial charge < -0.3 is 24.9 Å². The molecule has 7 heteroatoms. The number of rotatable bonds is 10. The summed E-state index contributed by atoms with van der Waals surface area (Å²) < 4.78 is 11.0. The SMILES string of the molecule is CCCCOCCNC(=NCC(C)(O)c1ccc(C)o1)NCC.I. The molecule has 1 aromatic heterocycles. The monoisotopic (exact) mass is 453 g/mol. The Kier molecular flexibility index (Phi) is 12.1. The number of hydrogen-bond acceptors (Lipinski definition) is 4. The lowest BCUT2D eigenvalue weighted by Crippen LogP contribution is -2.40. The smallest absolute Gasteiger partial charge is 0.191 e. The van der Waals surface area contributed by atoms with Crippen LogP contribution in [0.3, 0.4) is 0 Å². The Balaban J connectivity index is 0.00000529. The minimum atomic E-state index is -1.13. The molecule has 0 radical (unpaired) electrons. The molecule has 0 aliphatic rings. The van der Waals surface area contributed by atoms with E-state index in [0.717, 1.165) is 31.8 Å². The van der Waals surface area contributed by atoms with E-state index in [1.807, 2.05) is 19.9 Å². The van der Waals surface area contributed by atoms with Crippen LogP contribution in [-0.4, -0.2) is 43.9 Å². The van der Waals surface area contributed by atoms with Gasteiger partial charge in [-0.1, -0.05) is 13.3 Å². The summed E-state index contributed by atoms with van der Waals surface area (Å²) in [5.41, 5.74) is -1.13. The van der Waals surface area contributed by atoms with E-state index in [4.69, 9.17) is 9.15 Å². The molecule has 0 aliphatic heterocycles. The van der Waals surface area contributed by atoms with Gasteiger partial charge in [0.15, 0.2) is 5.96 Å². The highest BCUT2D eigenvalue weighted by Crippen LogP contribution is 2.22. The zero-order chi connectivity index (χ0) is 17.1. The summed E-state index contributed by atoms with van der Waals surface area (Å²) in [6, 6.07) is 3.62. The average Bonchev–Trinajstić information content (AvgIpc) is 2.95. The normalized spacial score (nSPS) is 14.0. The summed E-state index contributed by atoms with van der Waals surface area (Å²) in [6.45, 7) is 10.8. The first-order chi connectivity index (χ1) is 11.0. The Bertz CT molecular complexity index is 475. The van der Waals surface area contributed by atoms with Crippen molar-refractivity contribution in [1.29, 1.82) is 0 Å². The number of aliphatic hydroxyl groups is 1. The molecule has 1 unspecified atom stereocenters. The van der Waals surface area contributed by atoms with Crippen molar-refractivity contribution in [3.63, 3.8) is 0 Å². The van der Waals surface area contributed by atoms with E-state index in [-0.39, 0.29) is 30.5 Å². The molecule has 1 heterocycles. The lowest BCUT2D eigenvalue weighted by Gasteiger charge is -2.19. The highest BCUT2D eigenvalue weighted by Gasteiger charge is 2.26. The Morgan fingerprint density at radius 3 is 2.62 bits per heavy atom. The number of furan rings is 1. The molecule has 0 saturated carbocycles. The summed E-state index contributed by atoms with van der Waals surface area (Å²) in [4.78, 5) is 4.43. The van der Waals surface area contributed by atoms with E-state index >= 15 is 0 Å². The van der Waals surface area contributed by atoms with E-state index in [0.29, 0.717) is 24.9 Å². The summed E-state index contributed by atoms with van der Waals surface area (Å²) in [5.74, 6) is 1.96. The van der Waals surface area contributed by atoms with E-state index in [1.165, 1.54) is 0 Å². The van der Waals surface area contributed by atoms with Crippen LogP contribution in [0, 0.1) is 6.92 Å². The first kappa shape index (κ1) is 23.2. The standard InChI is InChI=1S/C17H31N3O3.HI/c1-5-7-11-22-12-10-19-16(18-6-2)20-13-17(4,21)15-9-8-14(3)23-15;/h8-9,21H,5-7,10-13H2,1-4H3,(H2,18,19,20);1H. The Morgan fingerprint density at radius 2 is 2.04 bits per heavy atom. The van der Waals surface area contributed by atoms with Crippen LogP contribution in [0.5, 0.6) is 0 Å². The van der Waals surface area contributed by atoms with Crippen LogP contribution >= 0.6 is 24.0 Å². The second-order valence-corrected chi connectivity index (χ2v) is 5.77. The predicted octanol–water partition coefficient (Wildman–Crippen LogP) is 2.79. The molecule has 1 rings (SSSR count). The van der Waals surface area contributed by atoms with Crippen LogP contribution in [0.2, 0.25) is 0 Å². The number of halogens is 1. The highest BCUT2D eigenvalue weighted by atomic mass is 127. The van der Waals surface area contributed by atoms with Crippen molar-refractivity contribution in [3.05, 3.63) is 23.7 Å². The maximum atomic E-state index is 10.5. The molecule has 0 aromatic carbocycles. The van der Waals surface area contributed by atoms with Gasteiger partial charge in [-0.3, -0.25) is 0 Å². The van der Waals surface area contributed by atoms with E-state index in [9.17, 15) is 5.11 Å². The van der Waals surface area contributed by atoms with Crippen LogP contribution in [0.1, 0.15) is 45.1 Å². The Hall–Kier alpha value is -0.800. The summed E-state index contributed by atoms with van der Waals surface area (Å²) in [7, 11) is 0. The van der Waals surface area contributed by atoms with Gasteiger partial charge in [-0.2, -0.15) is 0 Å². The zero-order valence-electron chi connectivity index (χ0n) is 15.2. The van der Waals surface area contributed by atoms with Crippen molar-refractivity contribution >= 4 is 29.9 Å². The minimum Gasteiger partial charge on any atom is -0.463 e. The van der Waals surface area contributed by atoms with Crippen LogP contribution in [0.15, 0.2) is 21.5 Å². The maximum Gasteiger partial charge on any atom is 0.191 e. The third-order valence-corrected chi connectivity index (χ3v) is 3.34. The fraction of sp³-hybridized carbons (Fsp3) is 0.706. The number of ether oxygens (including phenoxy) is 1. The molecule has 3 N–H and O–H groups in total. The van der Waals surface area contributed by atoms with E-state index in [2.05, 4.69) is 22.5 Å². The molecule has 0 spiro atoms. The van der Waals surface area contributed by atoms with Crippen LogP contribution < -0.4 is 10.6 Å². The number of aliphatic imine (C=N–C) groups is 1. The lowest BCUT2D eigenvalue weighted by atomic mass is 10.0. The lowest BCUT2D eigenvalue weighted by molar-refractivity contribution is 0.0428. The van der Waals surface area contributed by atoms with Crippen molar-refractivity contribution in [1.82, 2.24) is 10.6 Å². The van der Waals surface area contributed by atoms with Gasteiger partial charge in [0.05, 0.1) is 13.2 Å². The van der Waals surface area contributed by atoms with Gasteiger partial charge in [-0.05, 0) is 39.3 Å². The molecule has 0 amide bonds. The number of guanidine groups is 1. The Morgan fingerprint density at radius 1 is 1.29 bits per heavy atom. The van der Waals surface area contributed by atoms with Crippen molar-refractivity contribution in [2.75, 3.05) is 32.8 Å². The van der Waals surface area contributed by atoms with Crippen LogP contribution in [-0.2, 0) is 10.3 Å². The van der Waals surface area contributed by atoms with Gasteiger partial charge in [0.25, 0.3) is 0 Å². The van der Waals surface area contributed by atoms with Gasteiger partial charge >= 0.3 is 0 Å². The first-order valence-corrected chi connectivity index (χ1v) is 8.38. The second-order valence-electron chi connectivity index (χ2n) is 5.77. The fourth-order valence-corrected chi connectivity index (χ4v) is 1.97. The third kappa shape index (κ3) is 8.89. The molecule has 0 fully saturated rings. The fourth-order valence-electron chi connectivity index (χ4n) is 1.97. The number of nitrogens with zero attached hydrogens (tertiary/aromatic N) is 1. The molecule has 0 saturated heterocycles. The molecular formula is C17H32IN3O3. The second kappa shape index (κ2) is 12.5. The number of hydrogen-bond donors (Lipinski definition) is 3. The van der Waals surface area contributed by atoms with Gasteiger partial charge in [0.1, 0.15) is 17.1 Å². The number of nitrogens with one attached hydrogen (secondary N) is 2. The van der Waals surface area contributed by atoms with Gasteiger partial charge in [0, 0.05) is 19.7 Å². The number of unbranched alkanes of at least 4 members (excludes halogenated alkanes) is 1. The molecule has 6 nitrogen and oxygen atoms in total. The van der Waals surface area contributed by atoms with Gasteiger partial charge in [-0.25, -0.2) is 4.99 Å². The van der Waals surface area contributed by atoms with Crippen molar-refractivity contribution < 1.29 is 14.3 Å². The van der Waals surface area contributed by atoms with Crippen molar-refractivity contribution in [2.45, 2.75) is 46.1 Å². The van der Waals surface area contributed by atoms with Crippen molar-refractivity contribution in [2.24, 2.45) is 4.99 Å². The highest BCUT2D eigenvalue weighted by molar-refractivity contribution is 14.0. The van der Waals surface area contributed by atoms with E-state index in [1.54, 1.807) is 13.0 Å². The zero-order valence-corrected chi connectivity index (χ0v) is 17.6. The van der Waals surface area contributed by atoms with Crippen LogP contribution in [0.25, 0.3) is 0 Å². The predicted molar refractivity (Wildman–Crippen MR) is 108 cm³/mol. The molecular weight excluding hydrogens is 421 g/mol. The topological polar surface area (TPSA) is 79.0 Å². The summed E-state index contributed by atoms with van der Waals surface area (Å²) in [6.07, 6.45) is 2.22. The van der Waals surface area contributed by atoms with Gasteiger partial charge in [-0.15, -0.1) is 24.0 Å².